The van der Waals surface area contributed by atoms with Crippen LogP contribution in [0.25, 0.3) is 11.0 Å². The molecule has 4 heteroatoms. The number of hydrogen-bond acceptors (Lipinski definition) is 3. The molecule has 0 amide bonds. The van der Waals surface area contributed by atoms with E-state index in [1.807, 2.05) is 22.9 Å². The Morgan fingerprint density at radius 1 is 1.65 bits per heavy atom. The van der Waals surface area contributed by atoms with Crippen molar-refractivity contribution >= 4 is 17.0 Å². The predicted octanol–water partition coefficient (Wildman–Crippen LogP) is 1.94. The second-order valence-corrected chi connectivity index (χ2v) is 3.72. The van der Waals surface area contributed by atoms with Gasteiger partial charge >= 0.3 is 5.97 Å². The van der Waals surface area contributed by atoms with Gasteiger partial charge in [-0.2, -0.15) is 0 Å². The molecule has 0 saturated carbocycles. The van der Waals surface area contributed by atoms with Crippen LogP contribution in [0.1, 0.15) is 5.56 Å². The van der Waals surface area contributed by atoms with E-state index in [-0.39, 0.29) is 12.4 Å². The molecule has 4 nitrogen and oxygen atoms in total. The lowest BCUT2D eigenvalue weighted by Crippen LogP contribution is -2.03. The van der Waals surface area contributed by atoms with Crippen LogP contribution in [0, 0.1) is 0 Å². The molecule has 0 atom stereocenters. The molecule has 0 bridgehead atoms. The largest absolute Gasteiger partial charge is 0.469 e. The van der Waals surface area contributed by atoms with Gasteiger partial charge in [-0.1, -0.05) is 6.08 Å². The topological polar surface area (TPSA) is 44.1 Å². The molecule has 0 N–H and O–H groups in total. The maximum absolute atomic E-state index is 11.3. The van der Waals surface area contributed by atoms with Crippen LogP contribution in [0.3, 0.4) is 0 Å². The lowest BCUT2D eigenvalue weighted by atomic mass is 10.1. The van der Waals surface area contributed by atoms with Gasteiger partial charge in [-0.3, -0.25) is 4.79 Å². The van der Waals surface area contributed by atoms with Gasteiger partial charge in [-0.05, 0) is 17.7 Å². The van der Waals surface area contributed by atoms with Crippen LogP contribution in [-0.2, 0) is 22.5 Å². The fourth-order valence-electron chi connectivity index (χ4n) is 1.84. The van der Waals surface area contributed by atoms with Crippen molar-refractivity contribution in [3.63, 3.8) is 0 Å². The maximum Gasteiger partial charge on any atom is 0.310 e. The highest BCUT2D eigenvalue weighted by Gasteiger charge is 2.11. The Morgan fingerprint density at radius 2 is 2.47 bits per heavy atom. The van der Waals surface area contributed by atoms with E-state index in [0.717, 1.165) is 16.6 Å². The van der Waals surface area contributed by atoms with Gasteiger partial charge in [0, 0.05) is 24.3 Å². The van der Waals surface area contributed by atoms with E-state index in [2.05, 4.69) is 16.3 Å². The SMILES string of the molecule is C=CCn1cc(CC(=O)OC)c2cccnc21. The van der Waals surface area contributed by atoms with Crippen molar-refractivity contribution in [2.45, 2.75) is 13.0 Å². The molecule has 0 aliphatic heterocycles. The van der Waals surface area contributed by atoms with Crippen molar-refractivity contribution in [2.24, 2.45) is 0 Å². The first-order chi connectivity index (χ1) is 8.26. The third-order valence-electron chi connectivity index (χ3n) is 2.60. The van der Waals surface area contributed by atoms with Crippen molar-refractivity contribution in [2.75, 3.05) is 7.11 Å². The fourth-order valence-corrected chi connectivity index (χ4v) is 1.84. The highest BCUT2D eigenvalue weighted by Crippen LogP contribution is 2.20. The quantitative estimate of drug-likeness (QED) is 0.595. The molecule has 2 aromatic rings. The van der Waals surface area contributed by atoms with E-state index in [1.165, 1.54) is 7.11 Å². The number of fused-ring (bicyclic) bond motifs is 1. The van der Waals surface area contributed by atoms with Crippen molar-refractivity contribution in [1.29, 1.82) is 0 Å². The Labute approximate surface area is 99.5 Å². The van der Waals surface area contributed by atoms with Gasteiger partial charge in [0.25, 0.3) is 0 Å². The summed E-state index contributed by atoms with van der Waals surface area (Å²) in [4.78, 5) is 15.6. The molecule has 0 saturated heterocycles. The second kappa shape index (κ2) is 4.82. The van der Waals surface area contributed by atoms with E-state index in [4.69, 9.17) is 0 Å². The Balaban J connectivity index is 2.48. The van der Waals surface area contributed by atoms with Crippen molar-refractivity contribution in [1.82, 2.24) is 9.55 Å². The summed E-state index contributed by atoms with van der Waals surface area (Å²) >= 11 is 0. The number of pyridine rings is 1. The molecule has 2 aromatic heterocycles. The number of nitrogens with zero attached hydrogens (tertiary/aromatic N) is 2. The second-order valence-electron chi connectivity index (χ2n) is 3.72. The highest BCUT2D eigenvalue weighted by atomic mass is 16.5. The molecular formula is C13H14N2O2. The molecule has 0 aromatic carbocycles. The summed E-state index contributed by atoms with van der Waals surface area (Å²) < 4.78 is 6.66. The third kappa shape index (κ3) is 2.20. The van der Waals surface area contributed by atoms with E-state index < -0.39 is 0 Å². The summed E-state index contributed by atoms with van der Waals surface area (Å²) in [5.74, 6) is -0.244. The molecule has 0 fully saturated rings. The molecule has 0 aliphatic rings. The minimum atomic E-state index is -0.244. The van der Waals surface area contributed by atoms with Gasteiger partial charge < -0.3 is 9.30 Å². The lowest BCUT2D eigenvalue weighted by molar-refractivity contribution is -0.139. The van der Waals surface area contributed by atoms with Crippen LogP contribution in [0.15, 0.2) is 37.2 Å². The minimum Gasteiger partial charge on any atom is -0.469 e. The smallest absolute Gasteiger partial charge is 0.310 e. The summed E-state index contributed by atoms with van der Waals surface area (Å²) in [6.07, 6.45) is 5.74. The van der Waals surface area contributed by atoms with Crippen LogP contribution >= 0.6 is 0 Å². The molecule has 0 unspecified atom stereocenters. The fraction of sp³-hybridized carbons (Fsp3) is 0.231. The normalized spacial score (nSPS) is 10.4. The van der Waals surface area contributed by atoms with Gasteiger partial charge in [0.05, 0.1) is 13.5 Å². The Kier molecular flexibility index (Phi) is 3.23. The Bertz CT molecular complexity index is 558. The zero-order chi connectivity index (χ0) is 12.3. The van der Waals surface area contributed by atoms with E-state index in [0.29, 0.717) is 6.54 Å². The summed E-state index contributed by atoms with van der Waals surface area (Å²) in [5, 5.41) is 0.986. The van der Waals surface area contributed by atoms with Gasteiger partial charge in [-0.25, -0.2) is 4.98 Å². The summed E-state index contributed by atoms with van der Waals surface area (Å²) in [6.45, 7) is 4.38. The van der Waals surface area contributed by atoms with Crippen LogP contribution in [0.5, 0.6) is 0 Å². The maximum atomic E-state index is 11.3. The number of hydrogen-bond donors (Lipinski definition) is 0. The van der Waals surface area contributed by atoms with Gasteiger partial charge in [0.1, 0.15) is 5.65 Å². The number of methoxy groups -OCH3 is 1. The first-order valence-corrected chi connectivity index (χ1v) is 5.36. The third-order valence-corrected chi connectivity index (χ3v) is 2.60. The molecular weight excluding hydrogens is 216 g/mol. The zero-order valence-corrected chi connectivity index (χ0v) is 9.72. The van der Waals surface area contributed by atoms with Gasteiger partial charge in [0.15, 0.2) is 0 Å². The molecule has 17 heavy (non-hydrogen) atoms. The first kappa shape index (κ1) is 11.4. The van der Waals surface area contributed by atoms with Crippen LogP contribution in [0.4, 0.5) is 0 Å². The molecule has 2 heterocycles. The van der Waals surface area contributed by atoms with Gasteiger partial charge in [0.2, 0.25) is 0 Å². The van der Waals surface area contributed by atoms with Crippen molar-refractivity contribution in [3.05, 3.63) is 42.7 Å². The summed E-state index contributed by atoms with van der Waals surface area (Å²) in [6, 6.07) is 3.82. The number of rotatable bonds is 4. The molecule has 0 spiro atoms. The molecule has 2 rings (SSSR count). The van der Waals surface area contributed by atoms with E-state index in [1.54, 1.807) is 12.3 Å². The highest BCUT2D eigenvalue weighted by molar-refractivity contribution is 5.85. The van der Waals surface area contributed by atoms with Crippen molar-refractivity contribution in [3.8, 4) is 0 Å². The van der Waals surface area contributed by atoms with Crippen LogP contribution < -0.4 is 0 Å². The number of aromatic nitrogens is 2. The van der Waals surface area contributed by atoms with Gasteiger partial charge in [-0.15, -0.1) is 6.58 Å². The standard InChI is InChI=1S/C13H14N2O2/c1-3-7-15-9-10(8-12(16)17-2)11-5-4-6-14-13(11)15/h3-6,9H,1,7-8H2,2H3. The first-order valence-electron chi connectivity index (χ1n) is 5.36. The predicted molar refractivity (Wildman–Crippen MR) is 65.7 cm³/mol. The van der Waals surface area contributed by atoms with E-state index in [9.17, 15) is 4.79 Å². The summed E-state index contributed by atoms with van der Waals surface area (Å²) in [5.41, 5.74) is 1.80. The Morgan fingerprint density at radius 3 is 3.18 bits per heavy atom. The molecule has 88 valence electrons. The van der Waals surface area contributed by atoms with E-state index >= 15 is 0 Å². The molecule has 0 radical (unpaired) electrons. The van der Waals surface area contributed by atoms with Crippen LogP contribution in [-0.4, -0.2) is 22.6 Å². The number of esters is 1. The number of ether oxygens (including phenoxy) is 1. The van der Waals surface area contributed by atoms with Crippen LogP contribution in [0.2, 0.25) is 0 Å². The average Bonchev–Trinajstić information content (AvgIpc) is 2.69. The lowest BCUT2D eigenvalue weighted by Gasteiger charge is -1.97. The average molecular weight is 230 g/mol. The number of allylic oxidation sites excluding steroid dienone is 1. The Hall–Kier alpha value is -2.10. The summed E-state index contributed by atoms with van der Waals surface area (Å²) in [7, 11) is 1.39. The molecule has 0 aliphatic carbocycles. The number of carbonyl (C=O) groups is 1. The minimum absolute atomic E-state index is 0.244. The van der Waals surface area contributed by atoms with Crippen molar-refractivity contribution < 1.29 is 9.53 Å². The zero-order valence-electron chi connectivity index (χ0n) is 9.72. The monoisotopic (exact) mass is 230 g/mol. The number of carbonyl (C=O) groups excluding carboxylic acids is 1.